The van der Waals surface area contributed by atoms with Crippen LogP contribution in [0.3, 0.4) is 0 Å². The molecule has 0 aliphatic carbocycles. The smallest absolute Gasteiger partial charge is 0.319 e. The number of urea groups is 1. The Morgan fingerprint density at radius 1 is 1.17 bits per heavy atom. The number of aryl methyl sites for hydroxylation is 1. The number of rotatable bonds is 2. The molecule has 4 rings (SSSR count). The van der Waals surface area contributed by atoms with Crippen LogP contribution < -0.4 is 0 Å². The summed E-state index contributed by atoms with van der Waals surface area (Å²) in [5.74, 6) is 0.0524. The molecule has 0 atom stereocenters. The molecule has 8 heteroatoms. The molecule has 8 nitrogen and oxygen atoms in total. The molecule has 0 bridgehead atoms. The lowest BCUT2D eigenvalue weighted by Gasteiger charge is -2.46. The van der Waals surface area contributed by atoms with Crippen LogP contribution in [-0.4, -0.2) is 74.7 Å². The van der Waals surface area contributed by atoms with E-state index in [2.05, 4.69) is 20.0 Å². The van der Waals surface area contributed by atoms with Crippen LogP contribution in [0.1, 0.15) is 54.5 Å². The highest BCUT2D eigenvalue weighted by Crippen LogP contribution is 2.42. The van der Waals surface area contributed by atoms with Crippen molar-refractivity contribution in [1.82, 2.24) is 29.0 Å². The monoisotopic (exact) mass is 412 g/mol. The predicted octanol–water partition coefficient (Wildman–Crippen LogP) is 2.47. The molecule has 162 valence electrons. The predicted molar refractivity (Wildman–Crippen MR) is 114 cm³/mol. The molecular formula is C22H32N6O2. The molecule has 3 amide bonds. The number of aromatic nitrogens is 3. The molecule has 1 fully saturated rings. The number of nitrogens with zero attached hydrogens (tertiary/aromatic N) is 6. The van der Waals surface area contributed by atoms with Crippen molar-refractivity contribution in [3.8, 4) is 0 Å². The molecule has 2 aliphatic rings. The van der Waals surface area contributed by atoms with E-state index >= 15 is 0 Å². The fourth-order valence-electron chi connectivity index (χ4n) is 4.75. The number of hydrogen-bond donors (Lipinski definition) is 0. The average Bonchev–Trinajstić information content (AvgIpc) is 3.34. The molecule has 1 spiro atoms. The van der Waals surface area contributed by atoms with Gasteiger partial charge in [0, 0.05) is 76.7 Å². The molecule has 2 aromatic rings. The van der Waals surface area contributed by atoms with E-state index in [1.807, 2.05) is 44.4 Å². The van der Waals surface area contributed by atoms with Gasteiger partial charge >= 0.3 is 6.03 Å². The van der Waals surface area contributed by atoms with E-state index < -0.39 is 0 Å². The van der Waals surface area contributed by atoms with E-state index in [1.165, 1.54) is 0 Å². The van der Waals surface area contributed by atoms with Gasteiger partial charge in [-0.3, -0.25) is 9.48 Å². The third kappa shape index (κ3) is 3.38. The van der Waals surface area contributed by atoms with Crippen LogP contribution in [0.2, 0.25) is 0 Å². The van der Waals surface area contributed by atoms with Crippen molar-refractivity contribution in [3.63, 3.8) is 0 Å². The van der Waals surface area contributed by atoms with E-state index in [-0.39, 0.29) is 23.4 Å². The summed E-state index contributed by atoms with van der Waals surface area (Å²) >= 11 is 0. The first kappa shape index (κ1) is 20.5. The van der Waals surface area contributed by atoms with Gasteiger partial charge in [-0.15, -0.1) is 0 Å². The number of carbonyl (C=O) groups is 2. The summed E-state index contributed by atoms with van der Waals surface area (Å²) < 4.78 is 3.89. The summed E-state index contributed by atoms with van der Waals surface area (Å²) in [5.41, 5.74) is 2.73. The lowest BCUT2D eigenvalue weighted by atomic mass is 9.72. The Balaban J connectivity index is 1.66. The van der Waals surface area contributed by atoms with Crippen LogP contribution in [0.15, 0.2) is 24.5 Å². The van der Waals surface area contributed by atoms with Gasteiger partial charge in [0.2, 0.25) is 0 Å². The first-order valence-corrected chi connectivity index (χ1v) is 10.7. The number of likely N-dealkylation sites (tertiary alicyclic amines) is 1. The lowest BCUT2D eigenvalue weighted by Crippen LogP contribution is -2.55. The third-order valence-corrected chi connectivity index (χ3v) is 6.52. The average molecular weight is 413 g/mol. The lowest BCUT2D eigenvalue weighted by molar-refractivity contribution is 0.0575. The first-order valence-electron chi connectivity index (χ1n) is 10.7. The summed E-state index contributed by atoms with van der Waals surface area (Å²) in [6, 6.07) is 4.09. The van der Waals surface area contributed by atoms with Gasteiger partial charge in [-0.25, -0.2) is 4.79 Å². The van der Waals surface area contributed by atoms with Crippen LogP contribution in [0.4, 0.5) is 4.79 Å². The van der Waals surface area contributed by atoms with Crippen molar-refractivity contribution in [2.75, 3.05) is 33.7 Å². The highest BCUT2D eigenvalue weighted by Gasteiger charge is 2.46. The van der Waals surface area contributed by atoms with E-state index in [0.717, 1.165) is 24.1 Å². The van der Waals surface area contributed by atoms with Gasteiger partial charge in [0.05, 0.1) is 5.69 Å². The molecular weight excluding hydrogens is 380 g/mol. The van der Waals surface area contributed by atoms with E-state index in [0.29, 0.717) is 31.9 Å². The zero-order valence-electron chi connectivity index (χ0n) is 18.6. The Hall–Kier alpha value is -2.77. The van der Waals surface area contributed by atoms with Gasteiger partial charge in [0.25, 0.3) is 5.91 Å². The minimum absolute atomic E-state index is 0.0466. The summed E-state index contributed by atoms with van der Waals surface area (Å²) in [6.45, 7) is 6.82. The van der Waals surface area contributed by atoms with Gasteiger partial charge in [-0.1, -0.05) is 0 Å². The fraction of sp³-hybridized carbons (Fsp3) is 0.591. The minimum atomic E-state index is -0.211. The topological polar surface area (TPSA) is 66.6 Å². The molecule has 0 aromatic carbocycles. The van der Waals surface area contributed by atoms with Gasteiger partial charge < -0.3 is 19.3 Å². The summed E-state index contributed by atoms with van der Waals surface area (Å²) in [6.07, 6.45) is 5.63. The maximum atomic E-state index is 13.3. The molecule has 30 heavy (non-hydrogen) atoms. The van der Waals surface area contributed by atoms with Crippen molar-refractivity contribution in [3.05, 3.63) is 41.5 Å². The van der Waals surface area contributed by atoms with Crippen LogP contribution in [0.5, 0.6) is 0 Å². The van der Waals surface area contributed by atoms with Gasteiger partial charge in [0.1, 0.15) is 5.69 Å². The first-order chi connectivity index (χ1) is 14.2. The highest BCUT2D eigenvalue weighted by atomic mass is 16.2. The Kier molecular flexibility index (Phi) is 5.11. The molecule has 0 N–H and O–H groups in total. The van der Waals surface area contributed by atoms with E-state index in [4.69, 9.17) is 5.10 Å². The van der Waals surface area contributed by atoms with Crippen LogP contribution in [-0.2, 0) is 19.0 Å². The third-order valence-electron chi connectivity index (χ3n) is 6.52. The van der Waals surface area contributed by atoms with Gasteiger partial charge in [-0.2, -0.15) is 5.10 Å². The zero-order valence-corrected chi connectivity index (χ0v) is 18.6. The number of piperidine rings is 1. The Bertz CT molecular complexity index is 949. The second kappa shape index (κ2) is 7.49. The van der Waals surface area contributed by atoms with Crippen molar-refractivity contribution < 1.29 is 9.59 Å². The Morgan fingerprint density at radius 3 is 2.43 bits per heavy atom. The normalized spacial score (nSPS) is 18.1. The second-order valence-corrected chi connectivity index (χ2v) is 9.19. The largest absolute Gasteiger partial charge is 0.347 e. The Morgan fingerprint density at radius 2 is 1.87 bits per heavy atom. The standard InChI is InChI=1S/C22H32N6O2/c1-16(2)28-14-17-13-27(20(29)18-7-6-10-25(18)5)15-22(19(17)23-28)8-11-26(12-9-22)21(30)24(3)4/h6-7,10,14,16H,8-9,11-13,15H2,1-5H3. The van der Waals surface area contributed by atoms with Gasteiger partial charge in [-0.05, 0) is 38.8 Å². The number of carbonyl (C=O) groups excluding carboxylic acids is 2. The molecule has 0 unspecified atom stereocenters. The maximum Gasteiger partial charge on any atom is 0.319 e. The molecule has 4 heterocycles. The summed E-state index contributed by atoms with van der Waals surface area (Å²) in [4.78, 5) is 31.3. The number of amides is 3. The van der Waals surface area contributed by atoms with Gasteiger partial charge in [0.15, 0.2) is 0 Å². The molecule has 1 saturated heterocycles. The minimum Gasteiger partial charge on any atom is -0.347 e. The highest BCUT2D eigenvalue weighted by molar-refractivity contribution is 5.93. The van der Waals surface area contributed by atoms with Crippen LogP contribution in [0.25, 0.3) is 0 Å². The van der Waals surface area contributed by atoms with Crippen molar-refractivity contribution in [1.29, 1.82) is 0 Å². The summed E-state index contributed by atoms with van der Waals surface area (Å²) in [7, 11) is 5.48. The van der Waals surface area contributed by atoms with Crippen LogP contribution in [0, 0.1) is 0 Å². The molecule has 2 aliphatic heterocycles. The molecule has 0 radical (unpaired) electrons. The van der Waals surface area contributed by atoms with Crippen molar-refractivity contribution in [2.45, 2.75) is 44.7 Å². The molecule has 0 saturated carbocycles. The van der Waals surface area contributed by atoms with Crippen molar-refractivity contribution in [2.24, 2.45) is 7.05 Å². The SMILES string of the molecule is CC(C)n1cc2c(n1)C1(CCN(C(=O)N(C)C)CC1)CN(C(=O)c1cccn1C)C2. The summed E-state index contributed by atoms with van der Waals surface area (Å²) in [5, 5.41) is 4.97. The Labute approximate surface area is 178 Å². The quantitative estimate of drug-likeness (QED) is 0.761. The maximum absolute atomic E-state index is 13.3. The second-order valence-electron chi connectivity index (χ2n) is 9.19. The van der Waals surface area contributed by atoms with Crippen LogP contribution >= 0.6 is 0 Å². The molecule has 2 aromatic heterocycles. The number of hydrogen-bond acceptors (Lipinski definition) is 3. The van der Waals surface area contributed by atoms with E-state index in [9.17, 15) is 9.59 Å². The van der Waals surface area contributed by atoms with E-state index in [1.54, 1.807) is 19.0 Å². The zero-order chi connectivity index (χ0) is 21.6. The van der Waals surface area contributed by atoms with Crippen molar-refractivity contribution >= 4 is 11.9 Å². The number of fused-ring (bicyclic) bond motifs is 2. The fourth-order valence-corrected chi connectivity index (χ4v) is 4.75.